The predicted octanol–water partition coefficient (Wildman–Crippen LogP) is 14.4. The fourth-order valence-corrected chi connectivity index (χ4v) is 13.4. The summed E-state index contributed by atoms with van der Waals surface area (Å²) in [5, 5.41) is 2.11. The van der Waals surface area contributed by atoms with Gasteiger partial charge in [-0.05, 0) is 137 Å². The fourth-order valence-electron chi connectivity index (χ4n) is 11.2. The molecule has 8 aromatic rings. The van der Waals surface area contributed by atoms with E-state index >= 15 is 0 Å². The van der Waals surface area contributed by atoms with Crippen LogP contribution in [0.5, 0.6) is 0 Å². The zero-order chi connectivity index (χ0) is 50.1. The molecule has 2 atom stereocenters. The lowest BCUT2D eigenvalue weighted by Gasteiger charge is -2.24. The Labute approximate surface area is 404 Å². The Balaban J connectivity index is 0.000000164. The summed E-state index contributed by atoms with van der Waals surface area (Å²) < 4.78 is 36.1. The quantitative estimate of drug-likeness (QED) is 0.149. The van der Waals surface area contributed by atoms with Crippen molar-refractivity contribution in [3.8, 4) is 0 Å². The van der Waals surface area contributed by atoms with Gasteiger partial charge in [-0.25, -0.2) is 18.4 Å². The van der Waals surface area contributed by atoms with Crippen molar-refractivity contribution in [3.63, 3.8) is 0 Å². The Bertz CT molecular complexity index is 3550. The number of ether oxygens (including phenoxy) is 1. The van der Waals surface area contributed by atoms with E-state index in [1.165, 1.54) is 22.3 Å². The summed E-state index contributed by atoms with van der Waals surface area (Å²) in [5.74, 6) is 0. The van der Waals surface area contributed by atoms with E-state index in [0.29, 0.717) is 0 Å². The van der Waals surface area contributed by atoms with Crippen LogP contribution in [0.3, 0.4) is 0 Å². The number of aromatic nitrogens is 6. The van der Waals surface area contributed by atoms with Gasteiger partial charge in [0.25, 0.3) is 0 Å². The minimum Gasteiger partial charge on any atom is -0.360 e. The van der Waals surface area contributed by atoms with Crippen LogP contribution in [-0.2, 0) is 56.9 Å². The molecule has 9 nitrogen and oxygen atoms in total. The molecule has 3 aliphatic heterocycles. The second-order valence-electron chi connectivity index (χ2n) is 25.2. The molecule has 9 heterocycles. The fraction of sp³-hybridized carbons (Fsp3) is 0.517. The lowest BCUT2D eigenvalue weighted by Crippen LogP contribution is -2.33. The summed E-state index contributed by atoms with van der Waals surface area (Å²) in [6.07, 6.45) is 2.15. The van der Waals surface area contributed by atoms with Crippen molar-refractivity contribution in [1.29, 1.82) is 0 Å². The van der Waals surface area contributed by atoms with Gasteiger partial charge in [-0.2, -0.15) is 0 Å². The highest BCUT2D eigenvalue weighted by Gasteiger charge is 2.57. The topological polar surface area (TPSA) is 104 Å². The van der Waals surface area contributed by atoms with E-state index in [1.54, 1.807) is 0 Å². The summed E-state index contributed by atoms with van der Waals surface area (Å²) in [7, 11) is -3.41. The van der Waals surface area contributed by atoms with Crippen LogP contribution in [0.25, 0.3) is 55.2 Å². The third-order valence-electron chi connectivity index (χ3n) is 15.3. The molecule has 68 heavy (non-hydrogen) atoms. The molecule has 2 bridgehead atoms. The molecule has 11 rings (SSSR count). The summed E-state index contributed by atoms with van der Waals surface area (Å²) in [5.41, 5.74) is 16.1. The molecule has 3 aliphatic rings. The summed E-state index contributed by atoms with van der Waals surface area (Å²) in [6.45, 7) is 42.3. The number of rotatable bonds is 0. The van der Waals surface area contributed by atoms with Crippen LogP contribution in [0, 0.1) is 0 Å². The van der Waals surface area contributed by atoms with E-state index in [-0.39, 0.29) is 32.9 Å². The van der Waals surface area contributed by atoms with Crippen LogP contribution in [-0.4, -0.2) is 37.2 Å². The van der Waals surface area contributed by atoms with Crippen LogP contribution in [0.2, 0.25) is 0 Å². The van der Waals surface area contributed by atoms with E-state index in [9.17, 15) is 8.42 Å². The predicted molar refractivity (Wildman–Crippen MR) is 282 cm³/mol. The van der Waals surface area contributed by atoms with Gasteiger partial charge in [-0.1, -0.05) is 96.9 Å². The lowest BCUT2D eigenvalue weighted by atomic mass is 9.78. The van der Waals surface area contributed by atoms with Crippen molar-refractivity contribution in [2.75, 3.05) is 0 Å². The molecule has 2 unspecified atom stereocenters. The van der Waals surface area contributed by atoms with Gasteiger partial charge in [0.15, 0.2) is 9.84 Å². The number of hydrogen-bond acceptors (Lipinski definition) is 7. The number of fused-ring (bicyclic) bond motifs is 16. The first kappa shape index (κ1) is 48.1. The van der Waals surface area contributed by atoms with Crippen molar-refractivity contribution >= 4 is 65.0 Å². The highest BCUT2D eigenvalue weighted by Crippen LogP contribution is 2.59. The molecule has 1 fully saturated rings. The number of hydrogen-bond donors (Lipinski definition) is 0. The summed E-state index contributed by atoms with van der Waals surface area (Å²) in [4.78, 5) is 20.4. The molecule has 360 valence electrons. The van der Waals surface area contributed by atoms with Crippen LogP contribution in [0.4, 0.5) is 0 Å². The Morgan fingerprint density at radius 2 is 0.824 bits per heavy atom. The first-order chi connectivity index (χ1) is 31.2. The van der Waals surface area contributed by atoms with Gasteiger partial charge < -0.3 is 4.74 Å². The van der Waals surface area contributed by atoms with E-state index in [1.807, 2.05) is 47.6 Å². The molecular formula is C58H74N6O3S. The van der Waals surface area contributed by atoms with Crippen LogP contribution in [0.1, 0.15) is 196 Å². The first-order valence-corrected chi connectivity index (χ1v) is 26.3. The maximum absolute atomic E-state index is 13.4. The Kier molecular flexibility index (Phi) is 10.3. The molecule has 2 aromatic carbocycles. The molecule has 0 N–H and O–H groups in total. The number of sulfone groups is 1. The van der Waals surface area contributed by atoms with Crippen LogP contribution >= 0.6 is 0 Å². The third-order valence-corrected chi connectivity index (χ3v) is 18.5. The molecule has 10 heteroatoms. The smallest absolute Gasteiger partial charge is 0.168 e. The largest absolute Gasteiger partial charge is 0.360 e. The highest BCUT2D eigenvalue weighted by atomic mass is 32.2. The van der Waals surface area contributed by atoms with E-state index in [2.05, 4.69) is 160 Å². The summed E-state index contributed by atoms with van der Waals surface area (Å²) in [6, 6.07) is 21.8. The van der Waals surface area contributed by atoms with Gasteiger partial charge in [-0.3, -0.25) is 18.8 Å². The Morgan fingerprint density at radius 3 is 1.21 bits per heavy atom. The molecule has 0 radical (unpaired) electrons. The Hall–Kier alpha value is -4.93. The standard InChI is InChI=1S/C28H35N3O2S.C28H33N3O.C2H6/c1-25(2,3)22-12-11-16-19(29-22)15-23(26(4,5)6)31-21-14-18-17(13-20(21)30-24(16)31)27(7,8)34(32,33)28(18,9)10;1-25(2,3)22-10-9-16-19(29-22)15-23(26(4,5)6)31-21-14-18-17(13-20(21)30-24(16)31)27(7)11-12-28(18,8)32-27;1-2/h11-15H,1-10H3;9-10,13-15H,11-12H2,1-8H3;1-2H3. The van der Waals surface area contributed by atoms with Crippen molar-refractivity contribution in [2.45, 2.75) is 194 Å². The maximum atomic E-state index is 13.4. The van der Waals surface area contributed by atoms with Crippen molar-refractivity contribution in [2.24, 2.45) is 0 Å². The van der Waals surface area contributed by atoms with E-state index in [4.69, 9.17) is 24.7 Å². The Morgan fingerprint density at radius 1 is 0.471 bits per heavy atom. The molecule has 0 amide bonds. The zero-order valence-corrected chi connectivity index (χ0v) is 45.3. The third kappa shape index (κ3) is 6.80. The molecule has 1 saturated heterocycles. The van der Waals surface area contributed by atoms with Crippen LogP contribution < -0.4 is 0 Å². The van der Waals surface area contributed by atoms with Gasteiger partial charge in [0.1, 0.15) is 11.3 Å². The first-order valence-electron chi connectivity index (χ1n) is 24.8. The maximum Gasteiger partial charge on any atom is 0.168 e. The molecule has 0 aliphatic carbocycles. The minimum atomic E-state index is -3.41. The minimum absolute atomic E-state index is 0.00726. The lowest BCUT2D eigenvalue weighted by molar-refractivity contribution is -0.0662. The monoisotopic (exact) mass is 935 g/mol. The second kappa shape index (κ2) is 14.6. The molecule has 0 saturated carbocycles. The summed E-state index contributed by atoms with van der Waals surface area (Å²) >= 11 is 0. The average Bonchev–Trinajstić information content (AvgIpc) is 3.98. The average molecular weight is 935 g/mol. The number of nitrogens with zero attached hydrogens (tertiary/aromatic N) is 6. The number of benzene rings is 2. The van der Waals surface area contributed by atoms with E-state index in [0.717, 1.165) is 90.7 Å². The van der Waals surface area contributed by atoms with E-state index < -0.39 is 19.3 Å². The zero-order valence-electron chi connectivity index (χ0n) is 44.5. The molecule has 6 aromatic heterocycles. The van der Waals surface area contributed by atoms with Crippen LogP contribution in [0.15, 0.2) is 60.7 Å². The molecular weight excluding hydrogens is 861 g/mol. The SMILES string of the molecule is CC.CC(C)(C)c1ccc2c(cc(C(C)(C)C)n3c4cc5c(cc4nc23)C(C)(C)S(=O)(=O)C5(C)C)n1.CC(C)(C)c1ccc2c(cc(C(C)(C)C)n3c4cc5c(cc4nc23)C2(C)CCC5(C)O2)n1. The van der Waals surface area contributed by atoms with Crippen molar-refractivity contribution in [1.82, 2.24) is 28.7 Å². The van der Waals surface area contributed by atoms with Gasteiger partial charge in [0.2, 0.25) is 0 Å². The number of pyridine rings is 4. The van der Waals surface area contributed by atoms with Crippen molar-refractivity contribution < 1.29 is 13.2 Å². The molecule has 0 spiro atoms. The number of imidazole rings is 2. The van der Waals surface area contributed by atoms with Gasteiger partial charge in [-0.15, -0.1) is 0 Å². The van der Waals surface area contributed by atoms with Gasteiger partial charge in [0, 0.05) is 55.2 Å². The van der Waals surface area contributed by atoms with Gasteiger partial charge >= 0.3 is 0 Å². The highest BCUT2D eigenvalue weighted by molar-refractivity contribution is 7.93. The second-order valence-corrected chi connectivity index (χ2v) is 28.3. The normalized spacial score (nSPS) is 21.6. The van der Waals surface area contributed by atoms with Crippen molar-refractivity contribution in [3.05, 3.63) is 106 Å². The van der Waals surface area contributed by atoms with Gasteiger partial charge in [0.05, 0.1) is 53.8 Å².